The van der Waals surface area contributed by atoms with Gasteiger partial charge < -0.3 is 15.1 Å². The third kappa shape index (κ3) is 8.59. The smallest absolute Gasteiger partial charge is 0.324 e. The van der Waals surface area contributed by atoms with Crippen molar-refractivity contribution in [1.29, 1.82) is 0 Å². The molecule has 3 N–H and O–H groups in total. The summed E-state index contributed by atoms with van der Waals surface area (Å²) in [6.45, 7) is 0.491. The molecule has 0 aliphatic heterocycles. The van der Waals surface area contributed by atoms with Gasteiger partial charge in [-0.25, -0.2) is 4.39 Å². The summed E-state index contributed by atoms with van der Waals surface area (Å²) >= 11 is 1.20. The van der Waals surface area contributed by atoms with Crippen LogP contribution in [0.15, 0.2) is 47.4 Å². The second-order valence-electron chi connectivity index (χ2n) is 9.52. The van der Waals surface area contributed by atoms with Crippen LogP contribution in [0.4, 0.5) is 17.6 Å². The maximum Gasteiger partial charge on any atom is 0.417 e. The summed E-state index contributed by atoms with van der Waals surface area (Å²) in [6.07, 6.45) is 1.98. The van der Waals surface area contributed by atoms with Gasteiger partial charge >= 0.3 is 13.8 Å². The van der Waals surface area contributed by atoms with Crippen molar-refractivity contribution in [2.45, 2.75) is 74.4 Å². The molecule has 0 spiro atoms. The Kier molecular flexibility index (Phi) is 10.5. The summed E-state index contributed by atoms with van der Waals surface area (Å²) in [5, 5.41) is 2.94. The van der Waals surface area contributed by atoms with E-state index in [4.69, 9.17) is 9.79 Å². The van der Waals surface area contributed by atoms with Crippen molar-refractivity contribution in [2.24, 2.45) is 0 Å². The largest absolute Gasteiger partial charge is 0.417 e. The highest BCUT2D eigenvalue weighted by molar-refractivity contribution is 7.99. The van der Waals surface area contributed by atoms with Crippen LogP contribution in [0.1, 0.15) is 68.1 Å². The molecule has 10 heteroatoms. The molecule has 36 heavy (non-hydrogen) atoms. The predicted octanol–water partition coefficient (Wildman–Crippen LogP) is 7.28. The summed E-state index contributed by atoms with van der Waals surface area (Å²) in [7, 11) is -4.07. The van der Waals surface area contributed by atoms with Crippen LogP contribution in [-0.4, -0.2) is 28.2 Å². The number of thioether (sulfide) groups is 1. The summed E-state index contributed by atoms with van der Waals surface area (Å²) in [4.78, 5) is 17.9. The molecule has 1 aliphatic rings. The molecule has 2 aromatic carbocycles. The average molecular weight is 548 g/mol. The Labute approximate surface area is 214 Å². The Balaban J connectivity index is 1.52. The van der Waals surface area contributed by atoms with E-state index in [1.165, 1.54) is 23.9 Å². The molecule has 0 heterocycles. The summed E-state index contributed by atoms with van der Waals surface area (Å²) < 4.78 is 66.5. The lowest BCUT2D eigenvalue weighted by atomic mass is 9.75. The van der Waals surface area contributed by atoms with Gasteiger partial charge in [-0.1, -0.05) is 43.5 Å². The monoisotopic (exact) mass is 547 g/mol. The first kappa shape index (κ1) is 29.2. The lowest BCUT2D eigenvalue weighted by molar-refractivity contribution is -0.139. The van der Waals surface area contributed by atoms with Crippen LogP contribution in [0.5, 0.6) is 0 Å². The first-order chi connectivity index (χ1) is 17.0. The molecule has 1 fully saturated rings. The number of rotatable bonds is 13. The number of unbranched alkanes of at least 4 members (excludes halogenated alkanes) is 1. The second kappa shape index (κ2) is 12.9. The number of hydrogen-bond donors (Lipinski definition) is 3. The van der Waals surface area contributed by atoms with Crippen molar-refractivity contribution < 1.29 is 31.9 Å². The van der Waals surface area contributed by atoms with E-state index in [1.807, 2.05) is 12.1 Å². The molecule has 1 aliphatic carbocycles. The van der Waals surface area contributed by atoms with E-state index < -0.39 is 19.3 Å². The van der Waals surface area contributed by atoms with Crippen LogP contribution in [0, 0.1) is 5.82 Å². The molecule has 4 nitrogen and oxygen atoms in total. The van der Waals surface area contributed by atoms with Gasteiger partial charge in [-0.2, -0.15) is 13.2 Å². The van der Waals surface area contributed by atoms with Crippen molar-refractivity contribution >= 4 is 19.4 Å². The van der Waals surface area contributed by atoms with Gasteiger partial charge in [0.1, 0.15) is 5.82 Å². The fourth-order valence-electron chi connectivity index (χ4n) is 5.02. The van der Waals surface area contributed by atoms with Crippen molar-refractivity contribution in [3.63, 3.8) is 0 Å². The fourth-order valence-corrected chi connectivity index (χ4v) is 6.65. The normalized spacial score (nSPS) is 15.9. The second-order valence-corrected chi connectivity index (χ2v) is 12.4. The highest BCUT2D eigenvalue weighted by atomic mass is 32.2. The molecule has 200 valence electrons. The number of nitrogens with one attached hydrogen (secondary N) is 1. The molecule has 0 saturated heterocycles. The topological polar surface area (TPSA) is 69.6 Å². The highest BCUT2D eigenvalue weighted by Crippen LogP contribution is 2.46. The van der Waals surface area contributed by atoms with E-state index in [0.29, 0.717) is 17.9 Å². The third-order valence-electron chi connectivity index (χ3n) is 6.79. The number of halogens is 4. The molecule has 0 unspecified atom stereocenters. The molecular formula is C26H34F4NO3PS. The van der Waals surface area contributed by atoms with Crippen LogP contribution >= 0.6 is 19.4 Å². The molecule has 2 aromatic rings. The number of alkyl halides is 3. The SMILES string of the molecule is O=P(O)(O)CCCNCc1ccc(SCCCCC2(c3ccccc3F)CCCC2)c(C(F)(F)F)c1. The first-order valence-electron chi connectivity index (χ1n) is 12.3. The molecular weight excluding hydrogens is 513 g/mol. The quantitative estimate of drug-likeness (QED) is 0.106. The molecule has 0 bridgehead atoms. The predicted molar refractivity (Wildman–Crippen MR) is 136 cm³/mol. The van der Waals surface area contributed by atoms with Crippen LogP contribution < -0.4 is 5.32 Å². The molecule has 0 aromatic heterocycles. The minimum Gasteiger partial charge on any atom is -0.324 e. The lowest BCUT2D eigenvalue weighted by Crippen LogP contribution is -2.23. The number of benzene rings is 2. The van der Waals surface area contributed by atoms with E-state index >= 15 is 0 Å². The van der Waals surface area contributed by atoms with E-state index in [1.54, 1.807) is 12.1 Å². The van der Waals surface area contributed by atoms with Crippen molar-refractivity contribution in [3.05, 3.63) is 65.0 Å². The van der Waals surface area contributed by atoms with Crippen molar-refractivity contribution in [2.75, 3.05) is 18.5 Å². The van der Waals surface area contributed by atoms with Crippen LogP contribution in [0.3, 0.4) is 0 Å². The Hall–Kier alpha value is -1.38. The van der Waals surface area contributed by atoms with E-state index in [9.17, 15) is 22.1 Å². The Morgan fingerprint density at radius 1 is 1.03 bits per heavy atom. The van der Waals surface area contributed by atoms with Gasteiger partial charge in [0.05, 0.1) is 11.7 Å². The fraction of sp³-hybridized carbons (Fsp3) is 0.538. The average Bonchev–Trinajstić information content (AvgIpc) is 3.28. The van der Waals surface area contributed by atoms with Gasteiger partial charge in [-0.3, -0.25) is 4.57 Å². The van der Waals surface area contributed by atoms with Gasteiger partial charge in [0.25, 0.3) is 0 Å². The van der Waals surface area contributed by atoms with Gasteiger partial charge in [-0.05, 0) is 79.1 Å². The van der Waals surface area contributed by atoms with E-state index in [2.05, 4.69) is 5.32 Å². The first-order valence-corrected chi connectivity index (χ1v) is 15.1. The maximum absolute atomic E-state index is 14.5. The zero-order valence-corrected chi connectivity index (χ0v) is 21.9. The minimum atomic E-state index is -4.47. The van der Waals surface area contributed by atoms with Crippen LogP contribution in [0.25, 0.3) is 0 Å². The van der Waals surface area contributed by atoms with Gasteiger partial charge in [0, 0.05) is 11.4 Å². The maximum atomic E-state index is 14.5. The van der Waals surface area contributed by atoms with Crippen LogP contribution in [-0.2, 0) is 22.7 Å². The van der Waals surface area contributed by atoms with E-state index in [-0.39, 0.29) is 35.3 Å². The van der Waals surface area contributed by atoms with E-state index in [0.717, 1.165) is 56.6 Å². The Bertz CT molecular complexity index is 1040. The zero-order valence-electron chi connectivity index (χ0n) is 20.2. The minimum absolute atomic E-state index is 0.160. The number of hydrogen-bond acceptors (Lipinski definition) is 3. The molecule has 0 atom stereocenters. The van der Waals surface area contributed by atoms with Crippen LogP contribution in [0.2, 0.25) is 0 Å². The third-order valence-corrected chi connectivity index (χ3v) is 8.85. The molecule has 1 saturated carbocycles. The van der Waals surface area contributed by atoms with Crippen molar-refractivity contribution in [1.82, 2.24) is 5.32 Å². The molecule has 0 radical (unpaired) electrons. The molecule has 3 rings (SSSR count). The van der Waals surface area contributed by atoms with Gasteiger partial charge in [-0.15, -0.1) is 11.8 Å². The summed E-state index contributed by atoms with van der Waals surface area (Å²) in [5.74, 6) is 0.385. The molecule has 0 amide bonds. The Morgan fingerprint density at radius 2 is 1.75 bits per heavy atom. The van der Waals surface area contributed by atoms with Gasteiger partial charge in [0.2, 0.25) is 0 Å². The summed E-state index contributed by atoms with van der Waals surface area (Å²) in [6, 6.07) is 11.2. The Morgan fingerprint density at radius 3 is 2.42 bits per heavy atom. The summed E-state index contributed by atoms with van der Waals surface area (Å²) in [5.41, 5.74) is 0.421. The van der Waals surface area contributed by atoms with Crippen molar-refractivity contribution in [3.8, 4) is 0 Å². The standard InChI is InChI=1S/C26H34F4NO3PS/c27-23-9-2-1-8-21(23)25(12-3-4-13-25)14-5-6-17-36-24-11-10-20(18-22(24)26(28,29)30)19-31-15-7-16-35(32,33)34/h1-2,8-11,18,31H,3-7,12-17,19H2,(H2,32,33,34). The highest BCUT2D eigenvalue weighted by Gasteiger charge is 2.37. The van der Waals surface area contributed by atoms with Gasteiger partial charge in [0.15, 0.2) is 0 Å². The zero-order chi connectivity index (χ0) is 26.2. The lowest BCUT2D eigenvalue weighted by Gasteiger charge is -2.30.